The molecule has 1 unspecified atom stereocenters. The molecule has 2 heterocycles. The van der Waals surface area contributed by atoms with Crippen molar-refractivity contribution < 1.29 is 18.7 Å². The van der Waals surface area contributed by atoms with Crippen molar-refractivity contribution >= 4 is 17.0 Å². The Morgan fingerprint density at radius 1 is 1.52 bits per heavy atom. The number of carbonyl (C=O) groups is 1. The number of ether oxygens (including phenoxy) is 2. The number of nitrogens with zero attached hydrogens (tertiary/aromatic N) is 1. The Bertz CT molecular complexity index is 632. The highest BCUT2D eigenvalue weighted by Gasteiger charge is 2.19. The Labute approximate surface area is 122 Å². The summed E-state index contributed by atoms with van der Waals surface area (Å²) in [6.45, 7) is 1.84. The molecule has 0 saturated carbocycles. The zero-order chi connectivity index (χ0) is 14.7. The molecule has 1 aromatic carbocycles. The summed E-state index contributed by atoms with van der Waals surface area (Å²) in [5.74, 6) is 0.510. The zero-order valence-electron chi connectivity index (χ0n) is 11.9. The average Bonchev–Trinajstić information content (AvgIpc) is 3.12. The van der Waals surface area contributed by atoms with E-state index in [0.717, 1.165) is 11.9 Å². The van der Waals surface area contributed by atoms with E-state index in [0.29, 0.717) is 43.3 Å². The summed E-state index contributed by atoms with van der Waals surface area (Å²) in [7, 11) is 1.64. The summed E-state index contributed by atoms with van der Waals surface area (Å²) in [4.78, 5) is 16.5. The fourth-order valence-corrected chi connectivity index (χ4v) is 2.33. The largest absolute Gasteiger partial charge is 0.441 e. The molecule has 1 fully saturated rings. The van der Waals surface area contributed by atoms with Gasteiger partial charge in [-0.25, -0.2) is 4.98 Å². The van der Waals surface area contributed by atoms with Crippen molar-refractivity contribution in [2.75, 3.05) is 26.9 Å². The van der Waals surface area contributed by atoms with Gasteiger partial charge in [0.25, 0.3) is 5.91 Å². The number of fused-ring (bicyclic) bond motifs is 1. The van der Waals surface area contributed by atoms with Crippen LogP contribution < -0.4 is 5.32 Å². The summed E-state index contributed by atoms with van der Waals surface area (Å²) in [6, 6.07) is 5.38. The number of amides is 1. The van der Waals surface area contributed by atoms with Crippen molar-refractivity contribution in [3.05, 3.63) is 29.7 Å². The van der Waals surface area contributed by atoms with Crippen molar-refractivity contribution in [3.8, 4) is 0 Å². The molecule has 1 aliphatic heterocycles. The third kappa shape index (κ3) is 3.22. The Hall–Kier alpha value is -1.92. The summed E-state index contributed by atoms with van der Waals surface area (Å²) >= 11 is 0. The van der Waals surface area contributed by atoms with Crippen LogP contribution in [0, 0.1) is 0 Å². The van der Waals surface area contributed by atoms with Crippen molar-refractivity contribution in [2.24, 2.45) is 0 Å². The molecule has 1 aromatic heterocycles. The fraction of sp³-hybridized carbons (Fsp3) is 0.467. The Kier molecular flexibility index (Phi) is 4.17. The minimum Gasteiger partial charge on any atom is -0.441 e. The van der Waals surface area contributed by atoms with Crippen LogP contribution in [0.2, 0.25) is 0 Å². The molecule has 0 aliphatic carbocycles. The number of nitrogens with one attached hydrogen (secondary N) is 1. The fourth-order valence-electron chi connectivity index (χ4n) is 2.33. The quantitative estimate of drug-likeness (QED) is 0.904. The summed E-state index contributed by atoms with van der Waals surface area (Å²) in [5, 5.41) is 2.95. The molecule has 0 radical (unpaired) electrons. The lowest BCUT2D eigenvalue weighted by Gasteiger charge is -2.10. The van der Waals surface area contributed by atoms with Gasteiger partial charge in [0.15, 0.2) is 11.5 Å². The number of carbonyl (C=O) groups excluding carboxylic acids is 1. The smallest absolute Gasteiger partial charge is 0.251 e. The first-order valence-electron chi connectivity index (χ1n) is 7.03. The third-order valence-electron chi connectivity index (χ3n) is 3.48. The maximum Gasteiger partial charge on any atom is 0.251 e. The van der Waals surface area contributed by atoms with Crippen molar-refractivity contribution in [3.63, 3.8) is 0 Å². The van der Waals surface area contributed by atoms with E-state index in [1.165, 1.54) is 0 Å². The van der Waals surface area contributed by atoms with E-state index in [1.54, 1.807) is 25.3 Å². The molecular formula is C15H18N2O4. The van der Waals surface area contributed by atoms with Gasteiger partial charge < -0.3 is 19.2 Å². The topological polar surface area (TPSA) is 73.6 Å². The average molecular weight is 290 g/mol. The molecule has 6 nitrogen and oxygen atoms in total. The maximum absolute atomic E-state index is 12.2. The molecule has 1 atom stereocenters. The predicted octanol–water partition coefficient (Wildman–Crippen LogP) is 1.54. The molecule has 1 saturated heterocycles. The van der Waals surface area contributed by atoms with E-state index in [1.807, 2.05) is 0 Å². The molecule has 21 heavy (non-hydrogen) atoms. The Balaban J connectivity index is 1.74. The van der Waals surface area contributed by atoms with Crippen LogP contribution in [0.15, 0.2) is 22.6 Å². The first kappa shape index (κ1) is 14.0. The minimum absolute atomic E-state index is 0.0974. The number of benzene rings is 1. The molecular weight excluding hydrogens is 272 g/mol. The van der Waals surface area contributed by atoms with Gasteiger partial charge in [-0.3, -0.25) is 4.79 Å². The van der Waals surface area contributed by atoms with Gasteiger partial charge in [0, 0.05) is 25.7 Å². The van der Waals surface area contributed by atoms with Gasteiger partial charge >= 0.3 is 0 Å². The second-order valence-corrected chi connectivity index (χ2v) is 5.07. The summed E-state index contributed by atoms with van der Waals surface area (Å²) in [6.07, 6.45) is 1.48. The Morgan fingerprint density at radius 3 is 3.19 bits per heavy atom. The van der Waals surface area contributed by atoms with E-state index < -0.39 is 0 Å². The van der Waals surface area contributed by atoms with Gasteiger partial charge in [0.2, 0.25) is 0 Å². The molecule has 1 aliphatic rings. The highest BCUT2D eigenvalue weighted by molar-refractivity contribution is 5.97. The van der Waals surface area contributed by atoms with Crippen LogP contribution in [-0.2, 0) is 15.9 Å². The number of oxazole rings is 1. The lowest BCUT2D eigenvalue weighted by molar-refractivity contribution is 0.0930. The van der Waals surface area contributed by atoms with E-state index >= 15 is 0 Å². The molecule has 112 valence electrons. The number of rotatable bonds is 5. The van der Waals surface area contributed by atoms with E-state index in [2.05, 4.69) is 10.3 Å². The molecule has 1 N–H and O–H groups in total. The molecule has 0 spiro atoms. The van der Waals surface area contributed by atoms with Crippen molar-refractivity contribution in [1.29, 1.82) is 0 Å². The van der Waals surface area contributed by atoms with E-state index in [9.17, 15) is 4.79 Å². The van der Waals surface area contributed by atoms with Crippen LogP contribution in [0.5, 0.6) is 0 Å². The van der Waals surface area contributed by atoms with Crippen LogP contribution in [0.1, 0.15) is 22.7 Å². The third-order valence-corrected chi connectivity index (χ3v) is 3.48. The number of hydrogen-bond acceptors (Lipinski definition) is 5. The first-order valence-corrected chi connectivity index (χ1v) is 7.03. The number of aromatic nitrogens is 1. The van der Waals surface area contributed by atoms with Crippen LogP contribution in [0.25, 0.3) is 11.1 Å². The van der Waals surface area contributed by atoms with Crippen LogP contribution >= 0.6 is 0 Å². The second kappa shape index (κ2) is 6.24. The van der Waals surface area contributed by atoms with Gasteiger partial charge in [-0.1, -0.05) is 0 Å². The lowest BCUT2D eigenvalue weighted by Crippen LogP contribution is -2.34. The van der Waals surface area contributed by atoms with Crippen molar-refractivity contribution in [1.82, 2.24) is 10.3 Å². The first-order chi connectivity index (χ1) is 10.3. The second-order valence-electron chi connectivity index (χ2n) is 5.07. The molecule has 0 bridgehead atoms. The predicted molar refractivity (Wildman–Crippen MR) is 76.3 cm³/mol. The highest BCUT2D eigenvalue weighted by atomic mass is 16.5. The normalized spacial score (nSPS) is 18.2. The van der Waals surface area contributed by atoms with Crippen molar-refractivity contribution in [2.45, 2.75) is 18.9 Å². The van der Waals surface area contributed by atoms with Crippen LogP contribution in [0.4, 0.5) is 0 Å². The van der Waals surface area contributed by atoms with Crippen LogP contribution in [-0.4, -0.2) is 43.9 Å². The standard InChI is InChI=1S/C15H18N2O4/c1-19-6-5-14-17-12-3-2-10(8-13(12)21-14)15(18)16-11-4-7-20-9-11/h2-3,8,11H,4-7,9H2,1H3,(H,16,18). The van der Waals surface area contributed by atoms with Gasteiger partial charge in [-0.05, 0) is 24.6 Å². The van der Waals surface area contributed by atoms with Gasteiger partial charge in [0.05, 0.1) is 19.3 Å². The lowest BCUT2D eigenvalue weighted by atomic mass is 10.1. The van der Waals surface area contributed by atoms with E-state index in [4.69, 9.17) is 13.9 Å². The van der Waals surface area contributed by atoms with Gasteiger partial charge in [-0.2, -0.15) is 0 Å². The summed E-state index contributed by atoms with van der Waals surface area (Å²) in [5.41, 5.74) is 1.95. The van der Waals surface area contributed by atoms with Gasteiger partial charge in [0.1, 0.15) is 5.52 Å². The zero-order valence-corrected chi connectivity index (χ0v) is 11.9. The number of hydrogen-bond donors (Lipinski definition) is 1. The molecule has 2 aromatic rings. The molecule has 3 rings (SSSR count). The van der Waals surface area contributed by atoms with E-state index in [-0.39, 0.29) is 11.9 Å². The molecule has 6 heteroatoms. The SMILES string of the molecule is COCCc1nc2ccc(C(=O)NC3CCOC3)cc2o1. The number of methoxy groups -OCH3 is 1. The highest BCUT2D eigenvalue weighted by Crippen LogP contribution is 2.18. The maximum atomic E-state index is 12.2. The monoisotopic (exact) mass is 290 g/mol. The minimum atomic E-state index is -0.109. The molecule has 1 amide bonds. The van der Waals surface area contributed by atoms with Gasteiger partial charge in [-0.15, -0.1) is 0 Å². The Morgan fingerprint density at radius 2 is 2.43 bits per heavy atom. The van der Waals surface area contributed by atoms with Crippen LogP contribution in [0.3, 0.4) is 0 Å². The summed E-state index contributed by atoms with van der Waals surface area (Å²) < 4.78 is 15.9.